The van der Waals surface area contributed by atoms with Gasteiger partial charge in [-0.3, -0.25) is 4.79 Å². The molecule has 5 heteroatoms. The fourth-order valence-corrected chi connectivity index (χ4v) is 0.707. The fourth-order valence-electron chi connectivity index (χ4n) is 0.707. The minimum Gasteiger partial charge on any atom is -0.472 e. The summed E-state index contributed by atoms with van der Waals surface area (Å²) in [5, 5.41) is 0. The van der Waals surface area contributed by atoms with E-state index in [9.17, 15) is 18.0 Å². The second kappa shape index (κ2) is 3.00. The lowest BCUT2D eigenvalue weighted by Gasteiger charge is -2.02. The number of halogens is 3. The Bertz CT molecular complexity index is 261. The molecule has 66 valence electrons. The first-order valence-corrected chi connectivity index (χ1v) is 3.11. The molecule has 0 radical (unpaired) electrons. The van der Waals surface area contributed by atoms with E-state index in [1.54, 1.807) is 0 Å². The lowest BCUT2D eigenvalue weighted by molar-refractivity contribution is -0.125. The first-order chi connectivity index (χ1) is 5.49. The van der Waals surface area contributed by atoms with Crippen molar-refractivity contribution in [2.24, 2.45) is 0 Å². The van der Waals surface area contributed by atoms with E-state index in [2.05, 4.69) is 4.42 Å². The lowest BCUT2D eigenvalue weighted by Crippen LogP contribution is -2.14. The van der Waals surface area contributed by atoms with E-state index in [-0.39, 0.29) is 5.56 Å². The van der Waals surface area contributed by atoms with E-state index in [0.29, 0.717) is 0 Å². The van der Waals surface area contributed by atoms with Crippen LogP contribution in [0.2, 0.25) is 0 Å². The van der Waals surface area contributed by atoms with Crippen molar-refractivity contribution < 1.29 is 22.4 Å². The minimum atomic E-state index is -4.45. The summed E-state index contributed by atoms with van der Waals surface area (Å²) in [5.41, 5.74) is -0.0488. The zero-order chi connectivity index (χ0) is 9.19. The summed E-state index contributed by atoms with van der Waals surface area (Å²) in [7, 11) is 0. The molecule has 1 aromatic heterocycles. The smallest absolute Gasteiger partial charge is 0.396 e. The highest BCUT2D eigenvalue weighted by molar-refractivity contribution is 5.96. The monoisotopic (exact) mass is 178 g/mol. The van der Waals surface area contributed by atoms with Crippen LogP contribution >= 0.6 is 0 Å². The van der Waals surface area contributed by atoms with Crippen LogP contribution < -0.4 is 0 Å². The fraction of sp³-hybridized carbons (Fsp3) is 0.286. The second-order valence-electron chi connectivity index (χ2n) is 2.23. The van der Waals surface area contributed by atoms with Crippen LogP contribution in [-0.2, 0) is 0 Å². The zero-order valence-corrected chi connectivity index (χ0v) is 5.89. The molecule has 0 saturated carbocycles. The topological polar surface area (TPSA) is 30.2 Å². The molecule has 0 amide bonds. The number of alkyl halides is 3. The van der Waals surface area contributed by atoms with Gasteiger partial charge < -0.3 is 4.42 Å². The number of hydrogen-bond acceptors (Lipinski definition) is 2. The minimum absolute atomic E-state index is 0.0488. The van der Waals surface area contributed by atoms with Gasteiger partial charge in [0.1, 0.15) is 12.7 Å². The molecule has 0 atom stereocenters. The number of ketones is 1. The van der Waals surface area contributed by atoms with Crippen molar-refractivity contribution in [3.05, 3.63) is 24.2 Å². The molecule has 2 nitrogen and oxygen atoms in total. The molecule has 0 N–H and O–H groups in total. The molecular weight excluding hydrogens is 173 g/mol. The van der Waals surface area contributed by atoms with Crippen molar-refractivity contribution >= 4 is 5.78 Å². The Kier molecular flexibility index (Phi) is 2.21. The lowest BCUT2D eigenvalue weighted by atomic mass is 10.1. The van der Waals surface area contributed by atoms with Gasteiger partial charge in [-0.15, -0.1) is 0 Å². The van der Waals surface area contributed by atoms with Crippen molar-refractivity contribution in [3.8, 4) is 0 Å². The molecule has 0 aliphatic carbocycles. The predicted octanol–water partition coefficient (Wildman–Crippen LogP) is 2.41. The van der Waals surface area contributed by atoms with Gasteiger partial charge in [0.2, 0.25) is 0 Å². The first kappa shape index (κ1) is 8.83. The molecule has 1 rings (SSSR count). The third-order valence-corrected chi connectivity index (χ3v) is 1.20. The molecule has 1 heterocycles. The number of furan rings is 1. The van der Waals surface area contributed by atoms with Gasteiger partial charge in [-0.25, -0.2) is 0 Å². The molecular formula is C7H5F3O2. The van der Waals surface area contributed by atoms with Gasteiger partial charge in [-0.05, 0) is 6.07 Å². The standard InChI is InChI=1S/C7H5F3O2/c8-7(9,10)3-6(11)5-1-2-12-4-5/h1-2,4H,3H2. The van der Waals surface area contributed by atoms with Crippen molar-refractivity contribution in [3.63, 3.8) is 0 Å². The SMILES string of the molecule is O=C(CC(F)(F)F)c1ccoc1. The van der Waals surface area contributed by atoms with Gasteiger partial charge in [0, 0.05) is 0 Å². The molecule has 0 aromatic carbocycles. The van der Waals surface area contributed by atoms with Gasteiger partial charge in [0.05, 0.1) is 11.8 Å². The molecule has 0 saturated heterocycles. The number of hydrogen-bond donors (Lipinski definition) is 0. The summed E-state index contributed by atoms with van der Waals surface area (Å²) in [6.07, 6.45) is -3.74. The average molecular weight is 178 g/mol. The Morgan fingerprint density at radius 3 is 2.58 bits per heavy atom. The summed E-state index contributed by atoms with van der Waals surface area (Å²) < 4.78 is 39.4. The number of carbonyl (C=O) groups excluding carboxylic acids is 1. The maximum atomic E-state index is 11.6. The largest absolute Gasteiger partial charge is 0.472 e. The number of carbonyl (C=O) groups is 1. The maximum absolute atomic E-state index is 11.6. The van der Waals surface area contributed by atoms with Gasteiger partial charge in [-0.1, -0.05) is 0 Å². The summed E-state index contributed by atoms with van der Waals surface area (Å²) in [5.74, 6) is -0.976. The number of rotatable bonds is 2. The van der Waals surface area contributed by atoms with Crippen LogP contribution in [0.5, 0.6) is 0 Å². The van der Waals surface area contributed by atoms with Gasteiger partial charge in [0.15, 0.2) is 5.78 Å². The van der Waals surface area contributed by atoms with E-state index in [1.807, 2.05) is 0 Å². The van der Waals surface area contributed by atoms with E-state index in [1.165, 1.54) is 6.07 Å². The van der Waals surface area contributed by atoms with Gasteiger partial charge in [-0.2, -0.15) is 13.2 Å². The van der Waals surface area contributed by atoms with Crippen molar-refractivity contribution in [2.45, 2.75) is 12.6 Å². The summed E-state index contributed by atoms with van der Waals surface area (Å²) in [6.45, 7) is 0. The summed E-state index contributed by atoms with van der Waals surface area (Å²) in [6, 6.07) is 1.20. The van der Waals surface area contributed by atoms with Gasteiger partial charge in [0.25, 0.3) is 0 Å². The quantitative estimate of drug-likeness (QED) is 0.651. The van der Waals surface area contributed by atoms with Crippen LogP contribution in [0, 0.1) is 0 Å². The van der Waals surface area contributed by atoms with Crippen LogP contribution in [0.25, 0.3) is 0 Å². The van der Waals surface area contributed by atoms with Crippen LogP contribution in [0.15, 0.2) is 23.0 Å². The van der Waals surface area contributed by atoms with E-state index in [4.69, 9.17) is 0 Å². The van der Waals surface area contributed by atoms with E-state index in [0.717, 1.165) is 12.5 Å². The Morgan fingerprint density at radius 2 is 2.17 bits per heavy atom. The Balaban J connectivity index is 2.63. The van der Waals surface area contributed by atoms with Crippen molar-refractivity contribution in [1.82, 2.24) is 0 Å². The van der Waals surface area contributed by atoms with Gasteiger partial charge >= 0.3 is 6.18 Å². The van der Waals surface area contributed by atoms with Crippen LogP contribution in [0.4, 0.5) is 13.2 Å². The molecule has 0 aliphatic rings. The normalized spacial score (nSPS) is 11.6. The number of Topliss-reactive ketones (excluding diaryl/α,β-unsaturated/α-hetero) is 1. The third kappa shape index (κ3) is 2.41. The summed E-state index contributed by atoms with van der Waals surface area (Å²) in [4.78, 5) is 10.7. The van der Waals surface area contributed by atoms with Crippen LogP contribution in [-0.4, -0.2) is 12.0 Å². The average Bonchev–Trinajstić information content (AvgIpc) is 2.32. The van der Waals surface area contributed by atoms with Crippen molar-refractivity contribution in [1.29, 1.82) is 0 Å². The van der Waals surface area contributed by atoms with Crippen molar-refractivity contribution in [2.75, 3.05) is 0 Å². The zero-order valence-electron chi connectivity index (χ0n) is 5.89. The molecule has 0 bridgehead atoms. The summed E-state index contributed by atoms with van der Waals surface area (Å²) >= 11 is 0. The third-order valence-electron chi connectivity index (χ3n) is 1.20. The van der Waals surface area contributed by atoms with E-state index >= 15 is 0 Å². The molecule has 0 aliphatic heterocycles. The Morgan fingerprint density at radius 1 is 1.50 bits per heavy atom. The molecule has 12 heavy (non-hydrogen) atoms. The molecule has 0 unspecified atom stereocenters. The Labute approximate surface area is 66.0 Å². The van der Waals surface area contributed by atoms with Crippen LogP contribution in [0.3, 0.4) is 0 Å². The van der Waals surface area contributed by atoms with E-state index < -0.39 is 18.4 Å². The Hall–Kier alpha value is -1.26. The molecule has 0 fully saturated rings. The molecule has 1 aromatic rings. The highest BCUT2D eigenvalue weighted by Crippen LogP contribution is 2.22. The maximum Gasteiger partial charge on any atom is 0.396 e. The second-order valence-corrected chi connectivity index (χ2v) is 2.23. The predicted molar refractivity (Wildman–Crippen MR) is 33.7 cm³/mol. The highest BCUT2D eigenvalue weighted by Gasteiger charge is 2.31. The highest BCUT2D eigenvalue weighted by atomic mass is 19.4. The van der Waals surface area contributed by atoms with Crippen LogP contribution in [0.1, 0.15) is 16.8 Å². The first-order valence-electron chi connectivity index (χ1n) is 3.11. The molecule has 0 spiro atoms.